The number of amides is 2. The number of hydrogen-bond acceptors (Lipinski definition) is 6. The number of alkyl halides is 1. The maximum Gasteiger partial charge on any atom is 0.408 e. The lowest BCUT2D eigenvalue weighted by Gasteiger charge is -2.23. The van der Waals surface area contributed by atoms with Gasteiger partial charge >= 0.3 is 17.7 Å². The molecule has 0 bridgehead atoms. The first-order valence-electron chi connectivity index (χ1n) is 10.9. The summed E-state index contributed by atoms with van der Waals surface area (Å²) in [7, 11) is 0. The molecule has 0 spiro atoms. The summed E-state index contributed by atoms with van der Waals surface area (Å²) in [5, 5.41) is 6.69. The van der Waals surface area contributed by atoms with Crippen LogP contribution in [0.2, 0.25) is 5.02 Å². The first-order valence-corrected chi connectivity index (χ1v) is 12.4. The molecular weight excluding hydrogens is 540 g/mol. The van der Waals surface area contributed by atoms with Crippen LogP contribution in [-0.2, 0) is 16.0 Å². The van der Waals surface area contributed by atoms with E-state index in [0.717, 1.165) is 5.56 Å². The van der Waals surface area contributed by atoms with Gasteiger partial charge in [0, 0.05) is 22.8 Å². The van der Waals surface area contributed by atoms with Gasteiger partial charge in [0.2, 0.25) is 5.91 Å². The minimum Gasteiger partial charge on any atom is -0.463 e. The molecule has 0 aliphatic carbocycles. The zero-order chi connectivity index (χ0) is 25.6. The molecule has 186 valence electrons. The molecule has 0 radical (unpaired) electrons. The maximum atomic E-state index is 13.1. The Balaban J connectivity index is 1.84. The Kier molecular flexibility index (Phi) is 8.80. The molecule has 10 heteroatoms. The van der Waals surface area contributed by atoms with Crippen molar-refractivity contribution in [3.63, 3.8) is 0 Å². The first-order chi connectivity index (χ1) is 16.6. The van der Waals surface area contributed by atoms with Gasteiger partial charge in [-0.15, -0.1) is 0 Å². The smallest absolute Gasteiger partial charge is 0.408 e. The van der Waals surface area contributed by atoms with Crippen molar-refractivity contribution in [2.24, 2.45) is 0 Å². The van der Waals surface area contributed by atoms with E-state index in [1.165, 1.54) is 6.07 Å². The van der Waals surface area contributed by atoms with Crippen molar-refractivity contribution < 1.29 is 23.5 Å². The van der Waals surface area contributed by atoms with Crippen molar-refractivity contribution in [1.29, 1.82) is 0 Å². The molecule has 1 heterocycles. The Bertz CT molecular complexity index is 1260. The molecule has 2 aromatic carbocycles. The SMILES string of the molecule is CC(C)(C)OC(=O)N[C@H](Cc1ccccc1)C(=O)Nc1ccc2c(Cl)c(OCCBr)oc(=O)c2c1. The van der Waals surface area contributed by atoms with Crippen LogP contribution in [0.15, 0.2) is 57.7 Å². The fourth-order valence-corrected chi connectivity index (χ4v) is 3.66. The summed E-state index contributed by atoms with van der Waals surface area (Å²) in [5.41, 5.74) is -0.187. The Hall–Kier alpha value is -3.04. The molecule has 0 aliphatic heterocycles. The average Bonchev–Trinajstić information content (AvgIpc) is 2.79. The van der Waals surface area contributed by atoms with Gasteiger partial charge in [-0.2, -0.15) is 0 Å². The highest BCUT2D eigenvalue weighted by atomic mass is 79.9. The normalized spacial score (nSPS) is 12.1. The lowest BCUT2D eigenvalue weighted by molar-refractivity contribution is -0.118. The molecule has 0 fully saturated rings. The van der Waals surface area contributed by atoms with Gasteiger partial charge in [0.15, 0.2) is 0 Å². The molecule has 3 rings (SSSR count). The summed E-state index contributed by atoms with van der Waals surface area (Å²) >= 11 is 9.57. The van der Waals surface area contributed by atoms with E-state index in [1.807, 2.05) is 30.3 Å². The summed E-state index contributed by atoms with van der Waals surface area (Å²) in [5.74, 6) is -0.545. The predicted octanol–water partition coefficient (Wildman–Crippen LogP) is 5.29. The molecule has 8 nitrogen and oxygen atoms in total. The third kappa shape index (κ3) is 7.47. The Morgan fingerprint density at radius 1 is 1.11 bits per heavy atom. The van der Waals surface area contributed by atoms with Crippen LogP contribution in [0, 0.1) is 0 Å². The minimum absolute atomic E-state index is 0.0649. The van der Waals surface area contributed by atoms with Gasteiger partial charge < -0.3 is 24.5 Å². The third-order valence-electron chi connectivity index (χ3n) is 4.71. The van der Waals surface area contributed by atoms with E-state index in [9.17, 15) is 14.4 Å². The van der Waals surface area contributed by atoms with Crippen LogP contribution in [0.4, 0.5) is 10.5 Å². The number of rotatable bonds is 8. The lowest BCUT2D eigenvalue weighted by Crippen LogP contribution is -2.47. The van der Waals surface area contributed by atoms with E-state index >= 15 is 0 Å². The standard InChI is InChI=1S/C25H26BrClN2O6/c1-25(2,3)35-24(32)29-19(13-15-7-5-4-6-8-15)21(30)28-16-9-10-17-18(14-16)22(31)34-23(20(17)27)33-12-11-26/h4-10,14,19H,11-13H2,1-3H3,(H,28,30)(H,29,32)/t19-/m1/s1. The van der Waals surface area contributed by atoms with Gasteiger partial charge in [-0.05, 0) is 38.5 Å². The summed E-state index contributed by atoms with van der Waals surface area (Å²) in [6.07, 6.45) is -0.475. The number of hydrogen-bond donors (Lipinski definition) is 2. The highest BCUT2D eigenvalue weighted by Gasteiger charge is 2.25. The number of ether oxygens (including phenoxy) is 2. The van der Waals surface area contributed by atoms with Crippen LogP contribution in [-0.4, -0.2) is 35.6 Å². The van der Waals surface area contributed by atoms with Crippen molar-refractivity contribution in [2.75, 3.05) is 17.3 Å². The monoisotopic (exact) mass is 564 g/mol. The second-order valence-electron chi connectivity index (χ2n) is 8.67. The van der Waals surface area contributed by atoms with E-state index < -0.39 is 29.3 Å². The molecule has 1 atom stereocenters. The summed E-state index contributed by atoms with van der Waals surface area (Å²) in [4.78, 5) is 38.0. The molecule has 1 aromatic heterocycles. The van der Waals surface area contributed by atoms with Crippen molar-refractivity contribution in [1.82, 2.24) is 5.32 Å². The number of carbonyl (C=O) groups excluding carboxylic acids is 2. The van der Waals surface area contributed by atoms with Crippen molar-refractivity contribution in [2.45, 2.75) is 38.8 Å². The molecule has 2 N–H and O–H groups in total. The Morgan fingerprint density at radius 3 is 2.49 bits per heavy atom. The molecule has 0 aliphatic rings. The fraction of sp³-hybridized carbons (Fsp3) is 0.320. The predicted molar refractivity (Wildman–Crippen MR) is 139 cm³/mol. The largest absolute Gasteiger partial charge is 0.463 e. The second-order valence-corrected chi connectivity index (χ2v) is 9.84. The lowest BCUT2D eigenvalue weighted by atomic mass is 10.1. The van der Waals surface area contributed by atoms with E-state index in [2.05, 4.69) is 26.6 Å². The van der Waals surface area contributed by atoms with Crippen LogP contribution < -0.4 is 21.0 Å². The Labute approximate surface area is 216 Å². The van der Waals surface area contributed by atoms with Gasteiger partial charge in [-0.1, -0.05) is 63.9 Å². The van der Waals surface area contributed by atoms with Gasteiger partial charge in [0.25, 0.3) is 0 Å². The van der Waals surface area contributed by atoms with Crippen LogP contribution in [0.1, 0.15) is 26.3 Å². The van der Waals surface area contributed by atoms with Crippen molar-refractivity contribution in [3.8, 4) is 5.95 Å². The van der Waals surface area contributed by atoms with E-state index in [0.29, 0.717) is 16.4 Å². The quantitative estimate of drug-likeness (QED) is 0.359. The van der Waals surface area contributed by atoms with E-state index in [-0.39, 0.29) is 29.4 Å². The van der Waals surface area contributed by atoms with Crippen LogP contribution in [0.5, 0.6) is 5.95 Å². The summed E-state index contributed by atoms with van der Waals surface area (Å²) < 4.78 is 15.9. The molecule has 0 saturated heterocycles. The van der Waals surface area contributed by atoms with Gasteiger partial charge in [-0.3, -0.25) is 4.79 Å². The van der Waals surface area contributed by atoms with Gasteiger partial charge in [-0.25, -0.2) is 9.59 Å². The number of nitrogens with one attached hydrogen (secondary N) is 2. The summed E-state index contributed by atoms with van der Waals surface area (Å²) in [6.45, 7) is 5.48. The van der Waals surface area contributed by atoms with Crippen LogP contribution in [0.25, 0.3) is 10.8 Å². The second kappa shape index (κ2) is 11.6. The third-order valence-corrected chi connectivity index (χ3v) is 5.39. The number of fused-ring (bicyclic) bond motifs is 1. The highest BCUT2D eigenvalue weighted by Crippen LogP contribution is 2.32. The van der Waals surface area contributed by atoms with E-state index in [4.69, 9.17) is 25.5 Å². The minimum atomic E-state index is -0.928. The number of carbonyl (C=O) groups is 2. The van der Waals surface area contributed by atoms with Crippen LogP contribution >= 0.6 is 27.5 Å². The highest BCUT2D eigenvalue weighted by molar-refractivity contribution is 9.09. The number of halogens is 2. The average molecular weight is 566 g/mol. The molecule has 35 heavy (non-hydrogen) atoms. The zero-order valence-corrected chi connectivity index (χ0v) is 21.9. The molecule has 2 amide bonds. The van der Waals surface area contributed by atoms with E-state index in [1.54, 1.807) is 32.9 Å². The molecule has 3 aromatic rings. The van der Waals surface area contributed by atoms with Gasteiger partial charge in [0.1, 0.15) is 23.3 Å². The van der Waals surface area contributed by atoms with Gasteiger partial charge in [0.05, 0.1) is 5.39 Å². The van der Waals surface area contributed by atoms with Crippen molar-refractivity contribution >= 4 is 56.0 Å². The number of alkyl carbamates (subject to hydrolysis) is 1. The van der Waals surface area contributed by atoms with Crippen molar-refractivity contribution in [3.05, 3.63) is 69.5 Å². The number of anilines is 1. The molecule has 0 saturated carbocycles. The zero-order valence-electron chi connectivity index (χ0n) is 19.5. The topological polar surface area (TPSA) is 107 Å². The first kappa shape index (κ1) is 26.6. The fourth-order valence-electron chi connectivity index (χ4n) is 3.24. The Morgan fingerprint density at radius 2 is 1.83 bits per heavy atom. The maximum absolute atomic E-state index is 13.1. The summed E-state index contributed by atoms with van der Waals surface area (Å²) in [6, 6.07) is 13.0. The van der Waals surface area contributed by atoms with Crippen LogP contribution in [0.3, 0.4) is 0 Å². The number of benzene rings is 2. The molecule has 0 unspecified atom stereocenters. The molecular formula is C25H26BrClN2O6.